The number of allylic oxidation sites excluding steroid dienone is 1. The molecule has 1 N–H and O–H groups in total. The van der Waals surface area contributed by atoms with E-state index in [0.29, 0.717) is 17.3 Å². The number of hydrogen-bond acceptors (Lipinski definition) is 5. The molecular weight excluding hydrogens is 220 g/mol. The minimum absolute atomic E-state index is 0.0364. The number of aromatic amines is 1. The van der Waals surface area contributed by atoms with Crippen LogP contribution in [0.15, 0.2) is 6.26 Å². The third-order valence-corrected chi connectivity index (χ3v) is 3.60. The number of H-pyrrole nitrogens is 1. The first-order valence-electron chi connectivity index (χ1n) is 5.89. The number of tetrazole rings is 1. The number of Topliss-reactive ketones (excluding diaryl/α,β-unsaturated/α-hetero) is 1. The lowest BCUT2D eigenvalue weighted by atomic mass is 9.75. The van der Waals surface area contributed by atoms with E-state index in [1.165, 1.54) is 6.26 Å². The SMILES string of the molecule is CC1CCC2OC=C(c3nn[nH]n3)C(=O)C2C1. The van der Waals surface area contributed by atoms with Crippen LogP contribution < -0.4 is 0 Å². The number of hydrogen-bond donors (Lipinski definition) is 1. The van der Waals surface area contributed by atoms with Crippen molar-refractivity contribution in [3.8, 4) is 0 Å². The van der Waals surface area contributed by atoms with Crippen molar-refractivity contribution in [1.29, 1.82) is 0 Å². The number of fused-ring (bicyclic) bond motifs is 1. The Morgan fingerprint density at radius 1 is 1.47 bits per heavy atom. The molecule has 17 heavy (non-hydrogen) atoms. The maximum Gasteiger partial charge on any atom is 0.211 e. The van der Waals surface area contributed by atoms with Crippen molar-refractivity contribution >= 4 is 11.4 Å². The second kappa shape index (κ2) is 3.94. The molecule has 0 aromatic carbocycles. The molecule has 3 atom stereocenters. The second-order valence-electron chi connectivity index (χ2n) is 4.83. The van der Waals surface area contributed by atoms with E-state index < -0.39 is 0 Å². The fraction of sp³-hybridized carbons (Fsp3) is 0.636. The van der Waals surface area contributed by atoms with Gasteiger partial charge in [-0.1, -0.05) is 6.92 Å². The maximum absolute atomic E-state index is 12.3. The summed E-state index contributed by atoms with van der Waals surface area (Å²) in [4.78, 5) is 12.3. The topological polar surface area (TPSA) is 80.8 Å². The zero-order valence-electron chi connectivity index (χ0n) is 9.59. The van der Waals surface area contributed by atoms with Gasteiger partial charge in [0.25, 0.3) is 0 Å². The Balaban J connectivity index is 1.89. The highest BCUT2D eigenvalue weighted by Gasteiger charge is 2.40. The Morgan fingerprint density at radius 2 is 2.35 bits per heavy atom. The fourth-order valence-corrected chi connectivity index (χ4v) is 2.64. The molecule has 1 aliphatic heterocycles. The summed E-state index contributed by atoms with van der Waals surface area (Å²) in [5, 5.41) is 13.5. The average molecular weight is 234 g/mol. The Labute approximate surface area is 98.4 Å². The van der Waals surface area contributed by atoms with Gasteiger partial charge in [0.15, 0.2) is 5.78 Å². The van der Waals surface area contributed by atoms with Gasteiger partial charge in [0.1, 0.15) is 11.7 Å². The Kier molecular flexibility index (Phi) is 2.42. The van der Waals surface area contributed by atoms with Crippen LogP contribution in [0.3, 0.4) is 0 Å². The standard InChI is InChI=1S/C11H14N4O2/c1-6-2-3-9-7(4-6)10(16)8(5-17-9)11-12-14-15-13-11/h5-7,9H,2-4H2,1H3,(H,12,13,14,15). The molecule has 0 saturated heterocycles. The Bertz CT molecular complexity index is 454. The number of carbonyl (C=O) groups is 1. The third-order valence-electron chi connectivity index (χ3n) is 3.60. The molecule has 90 valence electrons. The van der Waals surface area contributed by atoms with Crippen LogP contribution in [0.5, 0.6) is 0 Å². The van der Waals surface area contributed by atoms with E-state index in [2.05, 4.69) is 27.5 Å². The van der Waals surface area contributed by atoms with Gasteiger partial charge < -0.3 is 4.74 Å². The van der Waals surface area contributed by atoms with Crippen LogP contribution in [0, 0.1) is 11.8 Å². The van der Waals surface area contributed by atoms with Gasteiger partial charge in [-0.2, -0.15) is 5.21 Å². The fourth-order valence-electron chi connectivity index (χ4n) is 2.64. The van der Waals surface area contributed by atoms with Gasteiger partial charge in [-0.15, -0.1) is 10.2 Å². The van der Waals surface area contributed by atoms with Crippen molar-refractivity contribution in [2.75, 3.05) is 0 Å². The lowest BCUT2D eigenvalue weighted by Crippen LogP contribution is -2.38. The van der Waals surface area contributed by atoms with Gasteiger partial charge in [-0.25, -0.2) is 0 Å². The Hall–Kier alpha value is -1.72. The molecule has 0 bridgehead atoms. The lowest BCUT2D eigenvalue weighted by Gasteiger charge is -2.35. The highest BCUT2D eigenvalue weighted by Crippen LogP contribution is 2.37. The number of carbonyl (C=O) groups excluding carboxylic acids is 1. The number of ether oxygens (including phenoxy) is 1. The molecule has 2 aliphatic rings. The van der Waals surface area contributed by atoms with E-state index in [0.717, 1.165) is 19.3 Å². The summed E-state index contributed by atoms with van der Waals surface area (Å²) < 4.78 is 5.63. The van der Waals surface area contributed by atoms with Gasteiger partial charge in [-0.05, 0) is 30.4 Å². The van der Waals surface area contributed by atoms with Gasteiger partial charge in [0.05, 0.1) is 12.2 Å². The monoisotopic (exact) mass is 234 g/mol. The quantitative estimate of drug-likeness (QED) is 0.782. The number of ketones is 1. The van der Waals surface area contributed by atoms with Crippen molar-refractivity contribution in [2.45, 2.75) is 32.3 Å². The van der Waals surface area contributed by atoms with E-state index in [4.69, 9.17) is 4.74 Å². The maximum atomic E-state index is 12.3. The molecule has 1 aromatic rings. The van der Waals surface area contributed by atoms with Gasteiger partial charge in [0.2, 0.25) is 5.82 Å². The van der Waals surface area contributed by atoms with Gasteiger partial charge in [0, 0.05) is 0 Å². The molecule has 3 rings (SSSR count). The second-order valence-corrected chi connectivity index (χ2v) is 4.83. The van der Waals surface area contributed by atoms with Crippen LogP contribution in [-0.4, -0.2) is 32.5 Å². The lowest BCUT2D eigenvalue weighted by molar-refractivity contribution is -0.125. The summed E-state index contributed by atoms with van der Waals surface area (Å²) in [6.45, 7) is 2.18. The number of nitrogens with zero attached hydrogens (tertiary/aromatic N) is 3. The molecule has 6 nitrogen and oxygen atoms in total. The average Bonchev–Trinajstić information content (AvgIpc) is 2.84. The highest BCUT2D eigenvalue weighted by molar-refractivity contribution is 6.21. The smallest absolute Gasteiger partial charge is 0.211 e. The molecule has 1 aromatic heterocycles. The van der Waals surface area contributed by atoms with E-state index in [1.807, 2.05) is 0 Å². The van der Waals surface area contributed by atoms with Crippen LogP contribution in [0.1, 0.15) is 32.0 Å². The van der Waals surface area contributed by atoms with Crippen molar-refractivity contribution < 1.29 is 9.53 Å². The summed E-state index contributed by atoms with van der Waals surface area (Å²) >= 11 is 0. The van der Waals surface area contributed by atoms with E-state index >= 15 is 0 Å². The molecule has 2 heterocycles. The number of nitrogens with one attached hydrogen (secondary N) is 1. The van der Waals surface area contributed by atoms with Crippen LogP contribution in [0.2, 0.25) is 0 Å². The molecule has 0 radical (unpaired) electrons. The summed E-state index contributed by atoms with van der Waals surface area (Å²) in [5.41, 5.74) is 0.439. The summed E-state index contributed by atoms with van der Waals surface area (Å²) in [6.07, 6.45) is 4.49. The first kappa shape index (κ1) is 10.4. The molecule has 6 heteroatoms. The van der Waals surface area contributed by atoms with Crippen molar-refractivity contribution in [3.05, 3.63) is 12.1 Å². The molecule has 1 fully saturated rings. The summed E-state index contributed by atoms with van der Waals surface area (Å²) in [6, 6.07) is 0. The normalized spacial score (nSPS) is 32.6. The van der Waals surface area contributed by atoms with E-state index in [1.54, 1.807) is 0 Å². The van der Waals surface area contributed by atoms with Crippen molar-refractivity contribution in [3.63, 3.8) is 0 Å². The van der Waals surface area contributed by atoms with Crippen LogP contribution in [-0.2, 0) is 9.53 Å². The van der Waals surface area contributed by atoms with Crippen LogP contribution in [0.4, 0.5) is 0 Å². The predicted octanol–water partition coefficient (Wildman–Crippen LogP) is 0.945. The van der Waals surface area contributed by atoms with Crippen molar-refractivity contribution in [1.82, 2.24) is 20.6 Å². The molecular formula is C11H14N4O2. The third kappa shape index (κ3) is 1.73. The zero-order chi connectivity index (χ0) is 11.8. The van der Waals surface area contributed by atoms with Gasteiger partial charge in [-0.3, -0.25) is 4.79 Å². The van der Waals surface area contributed by atoms with Crippen molar-refractivity contribution in [2.24, 2.45) is 11.8 Å². The van der Waals surface area contributed by atoms with E-state index in [-0.39, 0.29) is 17.8 Å². The number of rotatable bonds is 1. The first-order chi connectivity index (χ1) is 8.25. The highest BCUT2D eigenvalue weighted by atomic mass is 16.5. The van der Waals surface area contributed by atoms with Crippen LogP contribution >= 0.6 is 0 Å². The molecule has 0 amide bonds. The van der Waals surface area contributed by atoms with Crippen LogP contribution in [0.25, 0.3) is 5.57 Å². The summed E-state index contributed by atoms with van der Waals surface area (Å²) in [7, 11) is 0. The largest absolute Gasteiger partial charge is 0.496 e. The summed E-state index contributed by atoms with van der Waals surface area (Å²) in [5.74, 6) is 0.951. The molecule has 1 saturated carbocycles. The Morgan fingerprint density at radius 3 is 3.12 bits per heavy atom. The molecule has 1 aliphatic carbocycles. The van der Waals surface area contributed by atoms with E-state index in [9.17, 15) is 4.79 Å². The molecule has 0 spiro atoms. The minimum Gasteiger partial charge on any atom is -0.496 e. The minimum atomic E-state index is -0.0442. The first-order valence-corrected chi connectivity index (χ1v) is 5.89. The van der Waals surface area contributed by atoms with Gasteiger partial charge >= 0.3 is 0 Å². The zero-order valence-corrected chi connectivity index (χ0v) is 9.59. The predicted molar refractivity (Wildman–Crippen MR) is 58.5 cm³/mol. The number of aromatic nitrogens is 4. The molecule has 3 unspecified atom stereocenters.